The monoisotopic (exact) mass is 272 g/mol. The van der Waals surface area contributed by atoms with Gasteiger partial charge >= 0.3 is 0 Å². The van der Waals surface area contributed by atoms with Crippen molar-refractivity contribution in [1.82, 2.24) is 5.32 Å². The molecule has 0 spiro atoms. The molecule has 0 atom stereocenters. The van der Waals surface area contributed by atoms with Gasteiger partial charge in [-0.3, -0.25) is 4.79 Å². The fourth-order valence-electron chi connectivity index (χ4n) is 2.01. The maximum absolute atomic E-state index is 12.3. The second kappa shape index (κ2) is 5.82. The van der Waals surface area contributed by atoms with E-state index in [1.807, 2.05) is 50.2 Å². The molecule has 0 aliphatic rings. The van der Waals surface area contributed by atoms with E-state index in [9.17, 15) is 4.79 Å². The van der Waals surface area contributed by atoms with Gasteiger partial charge in [0.2, 0.25) is 5.91 Å². The fraction of sp³-hybridized carbons (Fsp3) is 0.312. The van der Waals surface area contributed by atoms with Crippen LogP contribution in [0.3, 0.4) is 0 Å². The van der Waals surface area contributed by atoms with E-state index in [-0.39, 0.29) is 5.91 Å². The zero-order valence-electron chi connectivity index (χ0n) is 11.8. The Kier molecular flexibility index (Phi) is 4.13. The summed E-state index contributed by atoms with van der Waals surface area (Å²) in [7, 11) is 0. The molecule has 1 aromatic carbocycles. The van der Waals surface area contributed by atoms with Crippen LogP contribution in [0.25, 0.3) is 0 Å². The molecule has 4 nitrogen and oxygen atoms in total. The number of carbonyl (C=O) groups is 1. The van der Waals surface area contributed by atoms with Crippen LogP contribution in [0.5, 0.6) is 0 Å². The van der Waals surface area contributed by atoms with E-state index in [4.69, 9.17) is 10.2 Å². The number of anilines is 1. The van der Waals surface area contributed by atoms with Crippen molar-refractivity contribution in [2.24, 2.45) is 0 Å². The maximum atomic E-state index is 12.3. The van der Waals surface area contributed by atoms with E-state index in [2.05, 4.69) is 5.32 Å². The van der Waals surface area contributed by atoms with E-state index < -0.39 is 5.41 Å². The number of rotatable bonds is 5. The van der Waals surface area contributed by atoms with Crippen LogP contribution in [-0.2, 0) is 16.6 Å². The predicted octanol–water partition coefficient (Wildman–Crippen LogP) is 2.50. The maximum Gasteiger partial charge on any atom is 0.230 e. The van der Waals surface area contributed by atoms with E-state index in [0.29, 0.717) is 18.7 Å². The zero-order chi connectivity index (χ0) is 14.6. The van der Waals surface area contributed by atoms with Crippen LogP contribution in [0.4, 0.5) is 5.69 Å². The molecule has 2 rings (SSSR count). The minimum absolute atomic E-state index is 0.00572. The summed E-state index contributed by atoms with van der Waals surface area (Å²) in [6, 6.07) is 11.1. The van der Waals surface area contributed by atoms with Crippen molar-refractivity contribution in [3.63, 3.8) is 0 Å². The number of nitrogens with one attached hydrogen (secondary N) is 1. The number of nitrogens with two attached hydrogens (primary N) is 1. The Balaban J connectivity index is 1.94. The molecule has 0 saturated carbocycles. The van der Waals surface area contributed by atoms with Gasteiger partial charge < -0.3 is 15.5 Å². The lowest BCUT2D eigenvalue weighted by atomic mass is 9.83. The second-order valence-electron chi connectivity index (χ2n) is 5.33. The molecule has 0 bridgehead atoms. The average molecular weight is 272 g/mol. The van der Waals surface area contributed by atoms with Crippen LogP contribution in [0.15, 0.2) is 47.1 Å². The summed E-state index contributed by atoms with van der Waals surface area (Å²) in [6.07, 6.45) is 2.33. The Bertz CT molecular complexity index is 557. The average Bonchev–Trinajstić information content (AvgIpc) is 2.92. The quantitative estimate of drug-likeness (QED) is 0.822. The highest BCUT2D eigenvalue weighted by atomic mass is 16.3. The van der Waals surface area contributed by atoms with Gasteiger partial charge in [0.25, 0.3) is 0 Å². The lowest BCUT2D eigenvalue weighted by Gasteiger charge is -2.24. The van der Waals surface area contributed by atoms with Gasteiger partial charge in [-0.15, -0.1) is 0 Å². The third-order valence-electron chi connectivity index (χ3n) is 3.44. The molecule has 0 unspecified atom stereocenters. The number of carbonyl (C=O) groups excluding carboxylic acids is 1. The highest BCUT2D eigenvalue weighted by Crippen LogP contribution is 2.24. The largest absolute Gasteiger partial charge is 0.469 e. The van der Waals surface area contributed by atoms with Crippen LogP contribution < -0.4 is 11.1 Å². The van der Waals surface area contributed by atoms with Crippen molar-refractivity contribution in [1.29, 1.82) is 0 Å². The Hall–Kier alpha value is -2.23. The molecule has 0 saturated heterocycles. The van der Waals surface area contributed by atoms with Crippen LogP contribution in [0.1, 0.15) is 25.2 Å². The van der Waals surface area contributed by atoms with Crippen molar-refractivity contribution in [3.8, 4) is 0 Å². The Labute approximate surface area is 119 Å². The van der Waals surface area contributed by atoms with Crippen molar-refractivity contribution in [3.05, 3.63) is 54.0 Å². The van der Waals surface area contributed by atoms with Gasteiger partial charge in [0.1, 0.15) is 5.76 Å². The summed E-state index contributed by atoms with van der Waals surface area (Å²) in [5.41, 5.74) is 6.73. The molecule has 0 aliphatic carbocycles. The smallest absolute Gasteiger partial charge is 0.230 e. The summed E-state index contributed by atoms with van der Waals surface area (Å²) in [6.45, 7) is 4.37. The van der Waals surface area contributed by atoms with E-state index >= 15 is 0 Å². The highest BCUT2D eigenvalue weighted by Gasteiger charge is 2.29. The fourth-order valence-corrected chi connectivity index (χ4v) is 2.01. The molecule has 0 radical (unpaired) electrons. The molecule has 0 fully saturated rings. The topological polar surface area (TPSA) is 68.3 Å². The number of hydrogen-bond donors (Lipinski definition) is 2. The van der Waals surface area contributed by atoms with Gasteiger partial charge in [-0.1, -0.05) is 12.1 Å². The van der Waals surface area contributed by atoms with Crippen molar-refractivity contribution in [2.75, 3.05) is 12.3 Å². The third-order valence-corrected chi connectivity index (χ3v) is 3.44. The lowest BCUT2D eigenvalue weighted by Crippen LogP contribution is -2.40. The minimum Gasteiger partial charge on any atom is -0.469 e. The molecule has 1 amide bonds. The molecule has 4 heteroatoms. The molecule has 1 aromatic heterocycles. The molecule has 106 valence electrons. The van der Waals surface area contributed by atoms with Gasteiger partial charge in [-0.25, -0.2) is 0 Å². The van der Waals surface area contributed by atoms with Crippen LogP contribution >= 0.6 is 0 Å². The molecule has 0 aliphatic heterocycles. The van der Waals surface area contributed by atoms with Crippen LogP contribution in [-0.4, -0.2) is 12.5 Å². The first-order valence-electron chi connectivity index (χ1n) is 6.67. The standard InChI is InChI=1S/C16H20N2O2/c1-16(2,12-5-7-13(17)8-6-12)15(19)18-10-9-14-4-3-11-20-14/h3-8,11H,9-10,17H2,1-2H3,(H,18,19). The molecular weight excluding hydrogens is 252 g/mol. The van der Waals surface area contributed by atoms with Crippen molar-refractivity contribution in [2.45, 2.75) is 25.7 Å². The third kappa shape index (κ3) is 3.20. The van der Waals surface area contributed by atoms with Gasteiger partial charge in [0, 0.05) is 18.7 Å². The summed E-state index contributed by atoms with van der Waals surface area (Å²) >= 11 is 0. The Morgan fingerprint density at radius 2 is 1.95 bits per heavy atom. The Morgan fingerprint density at radius 3 is 2.55 bits per heavy atom. The zero-order valence-corrected chi connectivity index (χ0v) is 11.8. The number of benzene rings is 1. The lowest BCUT2D eigenvalue weighted by molar-refractivity contribution is -0.125. The number of amides is 1. The molecule has 1 heterocycles. The van der Waals surface area contributed by atoms with Gasteiger partial charge in [0.15, 0.2) is 0 Å². The molecule has 2 aromatic rings. The number of nitrogen functional groups attached to an aromatic ring is 1. The first-order valence-corrected chi connectivity index (χ1v) is 6.67. The molecular formula is C16H20N2O2. The number of hydrogen-bond acceptors (Lipinski definition) is 3. The summed E-state index contributed by atoms with van der Waals surface area (Å²) in [5, 5.41) is 2.94. The first-order chi connectivity index (χ1) is 9.50. The summed E-state index contributed by atoms with van der Waals surface area (Å²) in [5.74, 6) is 0.865. The highest BCUT2D eigenvalue weighted by molar-refractivity contribution is 5.87. The summed E-state index contributed by atoms with van der Waals surface area (Å²) in [4.78, 5) is 12.3. The first kappa shape index (κ1) is 14.2. The van der Waals surface area contributed by atoms with E-state index in [1.165, 1.54) is 0 Å². The van der Waals surface area contributed by atoms with Gasteiger partial charge in [-0.05, 0) is 43.7 Å². The predicted molar refractivity (Wildman–Crippen MR) is 79.3 cm³/mol. The van der Waals surface area contributed by atoms with Crippen LogP contribution in [0.2, 0.25) is 0 Å². The normalized spacial score (nSPS) is 11.3. The number of furan rings is 1. The minimum atomic E-state index is -0.586. The molecule has 3 N–H and O–H groups in total. The Morgan fingerprint density at radius 1 is 1.25 bits per heavy atom. The van der Waals surface area contributed by atoms with Crippen LogP contribution in [0, 0.1) is 0 Å². The summed E-state index contributed by atoms with van der Waals surface area (Å²) < 4.78 is 5.23. The van der Waals surface area contributed by atoms with E-state index in [1.54, 1.807) is 6.26 Å². The van der Waals surface area contributed by atoms with Gasteiger partial charge in [-0.2, -0.15) is 0 Å². The SMILES string of the molecule is CC(C)(C(=O)NCCc1ccco1)c1ccc(N)cc1. The molecule has 20 heavy (non-hydrogen) atoms. The second-order valence-corrected chi connectivity index (χ2v) is 5.33. The van der Waals surface area contributed by atoms with Gasteiger partial charge in [0.05, 0.1) is 11.7 Å². The van der Waals surface area contributed by atoms with E-state index in [0.717, 1.165) is 11.3 Å². The van der Waals surface area contributed by atoms with Crippen molar-refractivity contribution < 1.29 is 9.21 Å². The van der Waals surface area contributed by atoms with Crippen molar-refractivity contribution >= 4 is 11.6 Å².